The third-order valence-electron chi connectivity index (χ3n) is 6.57. The summed E-state index contributed by atoms with van der Waals surface area (Å²) in [5, 5.41) is 2.85. The SMILES string of the molecule is C/C=C(/F)c1c(/C=C/C2CCN(C(=O)OC(C)CCC)CC2)ncnc1Nc1ccc(C(=O)N(C)C)cc1F. The van der Waals surface area contributed by atoms with Crippen LogP contribution in [0.3, 0.4) is 0 Å². The van der Waals surface area contributed by atoms with Crippen LogP contribution in [-0.2, 0) is 4.74 Å². The third-order valence-corrected chi connectivity index (χ3v) is 6.57. The molecule has 1 aliphatic rings. The molecule has 210 valence electrons. The molecule has 8 nitrogen and oxygen atoms in total. The number of nitrogens with one attached hydrogen (secondary N) is 1. The van der Waals surface area contributed by atoms with E-state index in [0.717, 1.165) is 31.7 Å². The van der Waals surface area contributed by atoms with E-state index in [1.54, 1.807) is 32.0 Å². The van der Waals surface area contributed by atoms with Gasteiger partial charge in [0.25, 0.3) is 5.91 Å². The highest BCUT2D eigenvalue weighted by Gasteiger charge is 2.24. The quantitative estimate of drug-likeness (QED) is 0.393. The Morgan fingerprint density at radius 1 is 1.26 bits per heavy atom. The number of anilines is 2. The van der Waals surface area contributed by atoms with Gasteiger partial charge in [-0.2, -0.15) is 0 Å². The summed E-state index contributed by atoms with van der Waals surface area (Å²) in [6.45, 7) is 6.66. The van der Waals surface area contributed by atoms with E-state index in [0.29, 0.717) is 18.8 Å². The highest BCUT2D eigenvalue weighted by molar-refractivity contribution is 5.94. The molecule has 1 unspecified atom stereocenters. The maximum Gasteiger partial charge on any atom is 0.410 e. The Hall–Kier alpha value is -3.82. The molecule has 1 fully saturated rings. The Morgan fingerprint density at radius 2 is 1.97 bits per heavy atom. The minimum absolute atomic E-state index is 0.0524. The minimum Gasteiger partial charge on any atom is -0.446 e. The number of hydrogen-bond acceptors (Lipinski definition) is 6. The standard InChI is InChI=1S/C29H37F2N5O3/c1-6-8-19(3)39-29(38)36-15-13-20(14-16-36)9-11-25-26(22(30)7-2)27(33-18-32-25)34-24-12-10-21(17-23(24)31)28(37)35(4)5/h7,9-12,17-20H,6,8,13-16H2,1-5H3,(H,32,33,34)/b11-9+,22-7+. The van der Waals surface area contributed by atoms with Crippen molar-refractivity contribution in [1.82, 2.24) is 19.8 Å². The van der Waals surface area contributed by atoms with Gasteiger partial charge < -0.3 is 19.9 Å². The van der Waals surface area contributed by atoms with Crippen LogP contribution in [0.2, 0.25) is 0 Å². The topological polar surface area (TPSA) is 87.7 Å². The Morgan fingerprint density at radius 3 is 2.59 bits per heavy atom. The van der Waals surface area contributed by atoms with Crippen LogP contribution in [-0.4, -0.2) is 65.1 Å². The molecule has 0 bridgehead atoms. The number of aromatic nitrogens is 2. The molecule has 10 heteroatoms. The maximum atomic E-state index is 15.0. The van der Waals surface area contributed by atoms with Crippen molar-refractivity contribution >= 4 is 35.4 Å². The fraction of sp³-hybridized carbons (Fsp3) is 0.448. The Labute approximate surface area is 228 Å². The van der Waals surface area contributed by atoms with E-state index >= 15 is 4.39 Å². The van der Waals surface area contributed by atoms with Crippen LogP contribution < -0.4 is 5.32 Å². The lowest BCUT2D eigenvalue weighted by Gasteiger charge is -2.31. The molecule has 39 heavy (non-hydrogen) atoms. The molecule has 3 rings (SSSR count). The average molecular weight is 542 g/mol. The fourth-order valence-corrected chi connectivity index (χ4v) is 4.35. The second-order valence-corrected chi connectivity index (χ2v) is 9.80. The van der Waals surface area contributed by atoms with Crippen LogP contribution in [0.4, 0.5) is 25.1 Å². The summed E-state index contributed by atoms with van der Waals surface area (Å²) in [4.78, 5) is 36.0. The molecular formula is C29H37F2N5O3. The lowest BCUT2D eigenvalue weighted by molar-refractivity contribution is 0.0583. The molecule has 1 N–H and O–H groups in total. The first kappa shape index (κ1) is 29.7. The number of likely N-dealkylation sites (tertiary alicyclic amines) is 1. The number of ether oxygens (including phenoxy) is 1. The number of amides is 2. The predicted octanol–water partition coefficient (Wildman–Crippen LogP) is 6.44. The van der Waals surface area contributed by atoms with Crippen molar-refractivity contribution in [1.29, 1.82) is 0 Å². The Bertz CT molecular complexity index is 1220. The number of halogens is 2. The van der Waals surface area contributed by atoms with Gasteiger partial charge in [-0.3, -0.25) is 4.79 Å². The van der Waals surface area contributed by atoms with Gasteiger partial charge >= 0.3 is 6.09 Å². The number of allylic oxidation sites excluding steroid dienone is 2. The average Bonchev–Trinajstić information content (AvgIpc) is 2.92. The maximum absolute atomic E-state index is 15.0. The van der Waals surface area contributed by atoms with Crippen LogP contribution in [0.15, 0.2) is 36.7 Å². The number of hydrogen-bond donors (Lipinski definition) is 1. The molecule has 1 aliphatic heterocycles. The van der Waals surface area contributed by atoms with Gasteiger partial charge in [-0.25, -0.2) is 23.5 Å². The summed E-state index contributed by atoms with van der Waals surface area (Å²) >= 11 is 0. The van der Waals surface area contributed by atoms with Gasteiger partial charge in [0.2, 0.25) is 0 Å². The zero-order valence-electron chi connectivity index (χ0n) is 23.2. The highest BCUT2D eigenvalue weighted by atomic mass is 19.1. The molecule has 1 aromatic heterocycles. The van der Waals surface area contributed by atoms with E-state index in [-0.39, 0.29) is 46.7 Å². The van der Waals surface area contributed by atoms with E-state index in [9.17, 15) is 14.0 Å². The normalized spacial score (nSPS) is 15.4. The van der Waals surface area contributed by atoms with E-state index in [4.69, 9.17) is 4.74 Å². The highest BCUT2D eigenvalue weighted by Crippen LogP contribution is 2.31. The summed E-state index contributed by atoms with van der Waals surface area (Å²) in [6, 6.07) is 4.04. The lowest BCUT2D eigenvalue weighted by Crippen LogP contribution is -2.39. The summed E-state index contributed by atoms with van der Waals surface area (Å²) < 4.78 is 35.3. The smallest absolute Gasteiger partial charge is 0.410 e. The largest absolute Gasteiger partial charge is 0.446 e. The van der Waals surface area contributed by atoms with Crippen LogP contribution in [0, 0.1) is 11.7 Å². The van der Waals surface area contributed by atoms with Crippen LogP contribution >= 0.6 is 0 Å². The summed E-state index contributed by atoms with van der Waals surface area (Å²) in [6.07, 6.45) is 9.17. The lowest BCUT2D eigenvalue weighted by atomic mass is 9.96. The molecule has 0 spiro atoms. The molecular weight excluding hydrogens is 504 g/mol. The number of nitrogens with zero attached hydrogens (tertiary/aromatic N) is 4. The second-order valence-electron chi connectivity index (χ2n) is 9.80. The summed E-state index contributed by atoms with van der Waals surface area (Å²) in [7, 11) is 3.17. The van der Waals surface area contributed by atoms with Crippen LogP contribution in [0.5, 0.6) is 0 Å². The molecule has 0 radical (unpaired) electrons. The predicted molar refractivity (Wildman–Crippen MR) is 149 cm³/mol. The molecule has 0 aliphatic carbocycles. The summed E-state index contributed by atoms with van der Waals surface area (Å²) in [5.41, 5.74) is 0.703. The molecule has 1 aromatic carbocycles. The van der Waals surface area contributed by atoms with Crippen LogP contribution in [0.25, 0.3) is 11.9 Å². The van der Waals surface area contributed by atoms with Crippen molar-refractivity contribution in [3.8, 4) is 0 Å². The van der Waals surface area contributed by atoms with E-state index in [2.05, 4.69) is 22.2 Å². The van der Waals surface area contributed by atoms with Crippen LogP contribution in [0.1, 0.15) is 68.1 Å². The Balaban J connectivity index is 1.74. The van der Waals surface area contributed by atoms with Crippen molar-refractivity contribution in [3.63, 3.8) is 0 Å². The first-order chi connectivity index (χ1) is 18.6. The van der Waals surface area contributed by atoms with Gasteiger partial charge in [-0.05, 0) is 63.3 Å². The first-order valence-corrected chi connectivity index (χ1v) is 13.2. The van der Waals surface area contributed by atoms with Gasteiger partial charge in [-0.15, -0.1) is 0 Å². The van der Waals surface area contributed by atoms with Crippen molar-refractivity contribution in [2.75, 3.05) is 32.5 Å². The number of benzene rings is 1. The molecule has 2 heterocycles. The number of carbonyl (C=O) groups excluding carboxylic acids is 2. The molecule has 2 amide bonds. The summed E-state index contributed by atoms with van der Waals surface area (Å²) in [5.74, 6) is -1.28. The van der Waals surface area contributed by atoms with Gasteiger partial charge in [0.15, 0.2) is 0 Å². The van der Waals surface area contributed by atoms with Gasteiger partial charge in [0.05, 0.1) is 16.9 Å². The monoisotopic (exact) mass is 541 g/mol. The third kappa shape index (κ3) is 7.84. The minimum atomic E-state index is -0.667. The van der Waals surface area contributed by atoms with Crippen molar-refractivity contribution in [3.05, 3.63) is 59.3 Å². The van der Waals surface area contributed by atoms with Gasteiger partial charge in [-0.1, -0.05) is 25.5 Å². The number of piperidine rings is 1. The van der Waals surface area contributed by atoms with E-state index in [1.165, 1.54) is 29.4 Å². The fourth-order valence-electron chi connectivity index (χ4n) is 4.35. The molecule has 1 saturated heterocycles. The number of rotatable bonds is 9. The zero-order valence-corrected chi connectivity index (χ0v) is 23.2. The molecule has 2 aromatic rings. The van der Waals surface area contributed by atoms with Gasteiger partial charge in [0.1, 0.15) is 29.9 Å². The first-order valence-electron chi connectivity index (χ1n) is 13.2. The second kappa shape index (κ2) is 13.8. The van der Waals surface area contributed by atoms with Crippen molar-refractivity contribution in [2.24, 2.45) is 5.92 Å². The van der Waals surface area contributed by atoms with Crippen molar-refractivity contribution in [2.45, 2.75) is 52.6 Å². The molecule has 1 atom stereocenters. The Kier molecular flexibility index (Phi) is 10.5. The molecule has 0 saturated carbocycles. The number of carbonyl (C=O) groups is 2. The zero-order chi connectivity index (χ0) is 28.5. The van der Waals surface area contributed by atoms with Gasteiger partial charge in [0, 0.05) is 32.7 Å². The van der Waals surface area contributed by atoms with Crippen molar-refractivity contribution < 1.29 is 23.1 Å². The van der Waals surface area contributed by atoms with E-state index in [1.807, 2.05) is 13.0 Å². The van der Waals surface area contributed by atoms with E-state index < -0.39 is 11.6 Å².